The van der Waals surface area contributed by atoms with Crippen molar-refractivity contribution in [2.75, 3.05) is 25.6 Å². The molecule has 3 aliphatic heterocycles. The largest absolute Gasteiger partial charge is 0.491 e. The summed E-state index contributed by atoms with van der Waals surface area (Å²) in [6.07, 6.45) is -5.94. The Bertz CT molecular complexity index is 3970. The first-order valence-electron chi connectivity index (χ1n) is 26.2. The van der Waals surface area contributed by atoms with E-state index in [9.17, 15) is 44.5 Å². The van der Waals surface area contributed by atoms with Crippen molar-refractivity contribution in [1.29, 1.82) is 0 Å². The molecule has 0 radical (unpaired) electrons. The summed E-state index contributed by atoms with van der Waals surface area (Å²) in [5, 5.41) is 76.0. The Kier molecular flexibility index (Phi) is 19.1. The zero-order valence-electron chi connectivity index (χ0n) is 46.4. The number of hydrogen-bond donors (Lipinski definition) is 9. The van der Waals surface area contributed by atoms with Gasteiger partial charge in [-0.05, 0) is 93.6 Å². The second-order valence-electron chi connectivity index (χ2n) is 21.1. The molecule has 13 rings (SSSR count). The predicted molar refractivity (Wildman–Crippen MR) is 318 cm³/mol. The van der Waals surface area contributed by atoms with Gasteiger partial charge in [-0.25, -0.2) is 43.7 Å². The SMILES string of the molecule is C[C@@]1(O)[C@@H](COc2ccc3ccc(Cl)nc3c2)OC(O)[C@@H]1O.C[C@@]1(O)[C@@H](COc2ccc3ccc(Cl)nc3c2)O[C@@H](n2cc(F)c3c(Cl)ncnc32)[C@@H]1O.C[C@@]1(O)[C@@H](COc2ccc3ccc(N)nc3c2)O[C@@H](n2cc(F)c3c(Cl)ncnc32)[C@@H]1O.N.O. The number of fused-ring (bicyclic) bond motifs is 5. The minimum Gasteiger partial charge on any atom is -0.491 e. The van der Waals surface area contributed by atoms with Gasteiger partial charge in [0, 0.05) is 46.8 Å². The number of aliphatic hydroxyl groups is 7. The highest BCUT2D eigenvalue weighted by Gasteiger charge is 2.55. The summed E-state index contributed by atoms with van der Waals surface area (Å²) in [6, 6.07) is 26.6. The Balaban J connectivity index is 0.000000158. The van der Waals surface area contributed by atoms with Gasteiger partial charge < -0.3 is 90.7 Å². The second kappa shape index (κ2) is 25.8. The molecular formula is C57H57Cl4F2N11O14. The van der Waals surface area contributed by atoms with E-state index in [1.165, 1.54) is 42.6 Å². The maximum absolute atomic E-state index is 14.4. The third-order valence-electron chi connectivity index (χ3n) is 15.2. The topological polar surface area (TPSA) is 390 Å². The Hall–Kier alpha value is -7.13. The lowest BCUT2D eigenvalue weighted by atomic mass is 9.95. The lowest BCUT2D eigenvalue weighted by Crippen LogP contribution is -2.47. The standard InChI is InChI=1S/C21H17Cl2FN4O4.C21H19ClFN5O4.C15H16ClNO5.H3N.H2O/c1-21(30)14(8-31-11-4-2-10-3-5-15(22)27-13(10)6-11)32-20(17(21)29)28-7-12(24)16-18(23)25-9-26-19(16)28;1-21(30)14(8-31-11-4-2-10-3-5-15(24)27-13(10)6-11)32-20(17(21)29)28-7-12(23)16-18(22)25-9-26-19(16)28;1-15(20)11(22-14(19)13(15)18)7-21-9-4-2-8-3-5-12(16)17-10(8)6-9;;/h2-7,9,14,17,20,29-30H,8H2,1H3;2-7,9,14,17,20,29-30H,8H2,1H3,(H2,24,27);2-6,11,13-14,18-20H,7H2,1H3;1H3;1H2/t2*14-,17+,20-,21-;11-,13+,14?,15-;;/m111../s1. The monoisotopic (exact) mass is 1300 g/mol. The van der Waals surface area contributed by atoms with Gasteiger partial charge >= 0.3 is 0 Å². The van der Waals surface area contributed by atoms with Crippen molar-refractivity contribution in [3.63, 3.8) is 0 Å². The van der Waals surface area contributed by atoms with Gasteiger partial charge in [-0.3, -0.25) is 0 Å². The molecule has 3 saturated heterocycles. The first-order valence-corrected chi connectivity index (χ1v) is 27.8. The smallest absolute Gasteiger partial charge is 0.184 e. The van der Waals surface area contributed by atoms with Crippen LogP contribution in [0.3, 0.4) is 0 Å². The summed E-state index contributed by atoms with van der Waals surface area (Å²) in [6.45, 7) is 4.07. The molecule has 10 heterocycles. The van der Waals surface area contributed by atoms with Crippen LogP contribution in [0.15, 0.2) is 116 Å². The number of aliphatic hydroxyl groups excluding tert-OH is 4. The van der Waals surface area contributed by atoms with Crippen LogP contribution in [0, 0.1) is 11.6 Å². The fourth-order valence-electron chi connectivity index (χ4n) is 10.1. The number of halogens is 6. The molecule has 0 bridgehead atoms. The summed E-state index contributed by atoms with van der Waals surface area (Å²) < 4.78 is 65.6. The third kappa shape index (κ3) is 12.7. The van der Waals surface area contributed by atoms with Gasteiger partial charge in [-0.1, -0.05) is 46.4 Å². The van der Waals surface area contributed by atoms with Crippen LogP contribution >= 0.6 is 46.4 Å². The van der Waals surface area contributed by atoms with E-state index in [-0.39, 0.29) is 63.8 Å². The van der Waals surface area contributed by atoms with Gasteiger partial charge in [-0.15, -0.1) is 0 Å². The maximum atomic E-state index is 14.4. The van der Waals surface area contributed by atoms with Gasteiger partial charge in [0.2, 0.25) is 0 Å². The molecule has 3 fully saturated rings. The molecule has 25 nitrogen and oxygen atoms in total. The molecule has 31 heteroatoms. The quantitative estimate of drug-likeness (QED) is 0.0500. The van der Waals surface area contributed by atoms with E-state index in [1.807, 2.05) is 36.4 Å². The van der Waals surface area contributed by atoms with Crippen LogP contribution in [-0.4, -0.2) is 165 Å². The van der Waals surface area contributed by atoms with Gasteiger partial charge in [0.1, 0.15) is 141 Å². The van der Waals surface area contributed by atoms with E-state index in [1.54, 1.807) is 54.6 Å². The number of ether oxygens (including phenoxy) is 6. The molecule has 0 saturated carbocycles. The van der Waals surface area contributed by atoms with Crippen LogP contribution < -0.4 is 26.1 Å². The lowest BCUT2D eigenvalue weighted by molar-refractivity contribution is -0.131. The summed E-state index contributed by atoms with van der Waals surface area (Å²) in [5.74, 6) is 0.563. The van der Waals surface area contributed by atoms with E-state index < -0.39 is 83.8 Å². The second-order valence-corrected chi connectivity index (χ2v) is 22.5. The van der Waals surface area contributed by atoms with Gasteiger partial charge in [0.05, 0.1) is 27.3 Å². The zero-order chi connectivity index (χ0) is 61.1. The fourth-order valence-corrected chi connectivity index (χ4v) is 10.8. The van der Waals surface area contributed by atoms with E-state index in [2.05, 4.69) is 34.9 Å². The normalized spacial score (nSPS) is 26.5. The Morgan fingerprint density at radius 2 is 0.875 bits per heavy atom. The zero-order valence-corrected chi connectivity index (χ0v) is 49.5. The van der Waals surface area contributed by atoms with Crippen LogP contribution in [0.5, 0.6) is 17.2 Å². The highest BCUT2D eigenvalue weighted by atomic mass is 35.5. The van der Waals surface area contributed by atoms with Crippen LogP contribution in [0.4, 0.5) is 14.6 Å². The summed E-state index contributed by atoms with van der Waals surface area (Å²) >= 11 is 23.8. The summed E-state index contributed by atoms with van der Waals surface area (Å²) in [5.41, 5.74) is 3.05. The lowest BCUT2D eigenvalue weighted by Gasteiger charge is -2.26. The number of aromatic nitrogens is 9. The van der Waals surface area contributed by atoms with Gasteiger partial charge in [0.25, 0.3) is 0 Å². The number of benzene rings is 3. The van der Waals surface area contributed by atoms with Crippen molar-refractivity contribution in [3.05, 3.63) is 148 Å². The van der Waals surface area contributed by atoms with Crippen LogP contribution in [0.2, 0.25) is 20.6 Å². The molecule has 3 aliphatic rings. The number of pyridine rings is 3. The molecule has 3 aromatic carbocycles. The maximum Gasteiger partial charge on any atom is 0.184 e. The van der Waals surface area contributed by atoms with E-state index in [0.29, 0.717) is 49.9 Å². The molecule has 466 valence electrons. The van der Waals surface area contributed by atoms with Crippen LogP contribution in [0.25, 0.3) is 54.8 Å². The fraction of sp³-hybridized carbons (Fsp3) is 0.316. The highest BCUT2D eigenvalue weighted by molar-refractivity contribution is 6.34. The molecule has 0 spiro atoms. The van der Waals surface area contributed by atoms with Crippen molar-refractivity contribution < 1.29 is 78.4 Å². The number of hydrogen-bond acceptors (Lipinski definition) is 22. The number of nitrogen functional groups attached to an aromatic ring is 1. The molecule has 12 atom stereocenters. The molecular weight excluding hydrogens is 1240 g/mol. The molecule has 14 N–H and O–H groups in total. The van der Waals surface area contributed by atoms with Crippen LogP contribution in [-0.2, 0) is 14.2 Å². The van der Waals surface area contributed by atoms with Crippen molar-refractivity contribution in [2.24, 2.45) is 0 Å². The molecule has 88 heavy (non-hydrogen) atoms. The number of anilines is 1. The number of nitrogens with two attached hydrogens (primary N) is 1. The van der Waals surface area contributed by atoms with Crippen molar-refractivity contribution in [1.82, 2.24) is 50.2 Å². The number of nitrogens with zero attached hydrogens (tertiary/aromatic N) is 9. The molecule has 1 unspecified atom stereocenters. The first-order chi connectivity index (χ1) is 40.9. The number of rotatable bonds is 11. The van der Waals surface area contributed by atoms with E-state index >= 15 is 0 Å². The van der Waals surface area contributed by atoms with Gasteiger partial charge in [0.15, 0.2) is 30.4 Å². The minimum absolute atomic E-state index is 0. The van der Waals surface area contributed by atoms with E-state index in [0.717, 1.165) is 28.6 Å². The predicted octanol–water partition coefficient (Wildman–Crippen LogP) is 6.39. The van der Waals surface area contributed by atoms with Crippen LogP contribution in [0.1, 0.15) is 33.2 Å². The first kappa shape index (κ1) is 65.3. The Labute approximate surface area is 517 Å². The summed E-state index contributed by atoms with van der Waals surface area (Å²) in [4.78, 5) is 28.4. The Morgan fingerprint density at radius 1 is 0.523 bits per heavy atom. The third-order valence-corrected chi connectivity index (χ3v) is 16.2. The highest BCUT2D eigenvalue weighted by Crippen LogP contribution is 2.42. The molecule has 7 aromatic heterocycles. The van der Waals surface area contributed by atoms with Crippen molar-refractivity contribution in [2.45, 2.75) is 92.9 Å². The minimum atomic E-state index is -1.69. The average Bonchev–Trinajstić information content (AvgIpc) is 1.65. The van der Waals surface area contributed by atoms with Gasteiger partial charge in [-0.2, -0.15) is 0 Å². The average molecular weight is 1300 g/mol. The molecule has 0 aliphatic carbocycles. The molecule has 0 amide bonds. The van der Waals surface area contributed by atoms with Crippen molar-refractivity contribution in [3.8, 4) is 17.2 Å². The van der Waals surface area contributed by atoms with Crippen molar-refractivity contribution >= 4 is 107 Å². The van der Waals surface area contributed by atoms with E-state index in [4.69, 9.17) is 80.6 Å². The summed E-state index contributed by atoms with van der Waals surface area (Å²) in [7, 11) is 0. The Morgan fingerprint density at radius 3 is 1.26 bits per heavy atom. The molecule has 10 aromatic rings.